The van der Waals surface area contributed by atoms with Crippen LogP contribution >= 0.6 is 11.6 Å². The minimum Gasteiger partial charge on any atom is -0.483 e. The zero-order valence-corrected chi connectivity index (χ0v) is 17.0. The summed E-state index contributed by atoms with van der Waals surface area (Å²) in [5.74, 6) is 1.07. The zero-order chi connectivity index (χ0) is 19.4. The lowest BCUT2D eigenvalue weighted by molar-refractivity contribution is -0.133. The largest absolute Gasteiger partial charge is 0.483 e. The van der Waals surface area contributed by atoms with Crippen LogP contribution in [0.5, 0.6) is 5.75 Å². The molecule has 1 aliphatic heterocycles. The van der Waals surface area contributed by atoms with E-state index in [1.54, 1.807) is 0 Å². The Labute approximate surface area is 166 Å². The summed E-state index contributed by atoms with van der Waals surface area (Å²) in [7, 11) is 0. The van der Waals surface area contributed by atoms with Crippen molar-refractivity contribution in [2.75, 3.05) is 37.7 Å². The van der Waals surface area contributed by atoms with Gasteiger partial charge in [0.05, 0.1) is 0 Å². The Hall–Kier alpha value is -2.20. The van der Waals surface area contributed by atoms with Gasteiger partial charge in [-0.3, -0.25) is 4.79 Å². The molecule has 5 heteroatoms. The van der Waals surface area contributed by atoms with Gasteiger partial charge in [-0.2, -0.15) is 0 Å². The molecular weight excluding hydrogens is 360 g/mol. The first-order valence-electron chi connectivity index (χ1n) is 9.46. The van der Waals surface area contributed by atoms with Crippen LogP contribution in [0.3, 0.4) is 0 Å². The van der Waals surface area contributed by atoms with E-state index in [0.29, 0.717) is 13.1 Å². The maximum absolute atomic E-state index is 12.6. The maximum Gasteiger partial charge on any atom is 0.260 e. The third kappa shape index (κ3) is 4.75. The van der Waals surface area contributed by atoms with E-state index in [2.05, 4.69) is 30.9 Å². The van der Waals surface area contributed by atoms with Gasteiger partial charge in [-0.05, 0) is 48.2 Å². The van der Waals surface area contributed by atoms with Crippen molar-refractivity contribution in [3.8, 4) is 5.75 Å². The molecule has 0 unspecified atom stereocenters. The van der Waals surface area contributed by atoms with Crippen LogP contribution in [0.25, 0.3) is 0 Å². The van der Waals surface area contributed by atoms with Crippen LogP contribution in [-0.4, -0.2) is 43.6 Å². The minimum atomic E-state index is 0.0324. The molecular formula is C22H27ClN2O2. The van der Waals surface area contributed by atoms with Crippen molar-refractivity contribution in [2.24, 2.45) is 0 Å². The molecule has 0 radical (unpaired) electrons. The molecule has 0 aliphatic carbocycles. The Kier molecular flexibility index (Phi) is 6.27. The third-order valence-electron chi connectivity index (χ3n) is 5.02. The van der Waals surface area contributed by atoms with Crippen LogP contribution < -0.4 is 9.64 Å². The van der Waals surface area contributed by atoms with Gasteiger partial charge in [-0.15, -0.1) is 0 Å². The number of rotatable bonds is 5. The van der Waals surface area contributed by atoms with Gasteiger partial charge < -0.3 is 14.5 Å². The standard InChI is InChI=1S/C22H27ClN2O2/c1-16(2)19-14-20(23)17(3)13-21(19)27-15-22(26)25-11-9-24(10-12-25)18-7-5-4-6-8-18/h4-8,13-14,16H,9-12,15H2,1-3H3. The van der Waals surface area contributed by atoms with Gasteiger partial charge in [0, 0.05) is 36.9 Å². The predicted molar refractivity (Wildman–Crippen MR) is 111 cm³/mol. The number of halogens is 1. The topological polar surface area (TPSA) is 32.8 Å². The van der Waals surface area contributed by atoms with E-state index in [0.717, 1.165) is 35.0 Å². The summed E-state index contributed by atoms with van der Waals surface area (Å²) in [6.07, 6.45) is 0. The van der Waals surface area contributed by atoms with Crippen LogP contribution in [0.4, 0.5) is 5.69 Å². The molecule has 2 aromatic rings. The van der Waals surface area contributed by atoms with Crippen molar-refractivity contribution in [2.45, 2.75) is 26.7 Å². The third-order valence-corrected chi connectivity index (χ3v) is 5.43. The molecule has 144 valence electrons. The molecule has 1 aliphatic rings. The summed E-state index contributed by atoms with van der Waals surface area (Å²) in [5, 5.41) is 0.731. The molecule has 0 atom stereocenters. The zero-order valence-electron chi connectivity index (χ0n) is 16.2. The lowest BCUT2D eigenvalue weighted by Crippen LogP contribution is -2.50. The minimum absolute atomic E-state index is 0.0324. The van der Waals surface area contributed by atoms with Gasteiger partial charge in [0.2, 0.25) is 0 Å². The average molecular weight is 387 g/mol. The first-order chi connectivity index (χ1) is 13.0. The summed E-state index contributed by atoms with van der Waals surface area (Å²) >= 11 is 6.24. The number of nitrogens with zero attached hydrogens (tertiary/aromatic N) is 2. The van der Waals surface area contributed by atoms with E-state index in [1.165, 1.54) is 5.69 Å². The molecule has 4 nitrogen and oxygen atoms in total. The van der Waals surface area contributed by atoms with Crippen LogP contribution in [-0.2, 0) is 4.79 Å². The van der Waals surface area contributed by atoms with Gasteiger partial charge in [-0.25, -0.2) is 0 Å². The summed E-state index contributed by atoms with van der Waals surface area (Å²) in [6, 6.07) is 14.2. The van der Waals surface area contributed by atoms with Crippen molar-refractivity contribution in [3.05, 3.63) is 58.6 Å². The average Bonchev–Trinajstić information content (AvgIpc) is 2.69. The van der Waals surface area contributed by atoms with E-state index >= 15 is 0 Å². The molecule has 0 saturated carbocycles. The molecule has 0 N–H and O–H groups in total. The first-order valence-corrected chi connectivity index (χ1v) is 9.84. The number of para-hydroxylation sites is 1. The van der Waals surface area contributed by atoms with Crippen molar-refractivity contribution in [1.82, 2.24) is 4.90 Å². The number of carbonyl (C=O) groups excluding carboxylic acids is 1. The van der Waals surface area contributed by atoms with Crippen molar-refractivity contribution in [1.29, 1.82) is 0 Å². The van der Waals surface area contributed by atoms with E-state index in [9.17, 15) is 4.79 Å². The van der Waals surface area contributed by atoms with Gasteiger partial charge in [0.25, 0.3) is 5.91 Å². The number of aryl methyl sites for hydroxylation is 1. The maximum atomic E-state index is 12.6. The highest BCUT2D eigenvalue weighted by Gasteiger charge is 2.22. The quantitative estimate of drug-likeness (QED) is 0.758. The molecule has 0 bridgehead atoms. The Morgan fingerprint density at radius 3 is 2.41 bits per heavy atom. The Bertz CT molecular complexity index is 784. The van der Waals surface area contributed by atoms with Gasteiger partial charge in [0.15, 0.2) is 6.61 Å². The van der Waals surface area contributed by atoms with Crippen molar-refractivity contribution < 1.29 is 9.53 Å². The normalized spacial score (nSPS) is 14.6. The monoisotopic (exact) mass is 386 g/mol. The number of ether oxygens (including phenoxy) is 1. The fourth-order valence-electron chi connectivity index (χ4n) is 3.33. The van der Waals surface area contributed by atoms with E-state index < -0.39 is 0 Å². The van der Waals surface area contributed by atoms with Gasteiger partial charge in [0.1, 0.15) is 5.75 Å². The number of amides is 1. The number of hydrogen-bond acceptors (Lipinski definition) is 3. The molecule has 1 heterocycles. The highest BCUT2D eigenvalue weighted by molar-refractivity contribution is 6.31. The highest BCUT2D eigenvalue weighted by atomic mass is 35.5. The molecule has 1 fully saturated rings. The van der Waals surface area contributed by atoms with E-state index in [1.807, 2.05) is 42.2 Å². The summed E-state index contributed by atoms with van der Waals surface area (Å²) in [4.78, 5) is 16.8. The first kappa shape index (κ1) is 19.6. The van der Waals surface area contributed by atoms with Gasteiger partial charge >= 0.3 is 0 Å². The second kappa shape index (κ2) is 8.66. The Balaban J connectivity index is 1.57. The number of carbonyl (C=O) groups is 1. The Morgan fingerprint density at radius 2 is 1.78 bits per heavy atom. The van der Waals surface area contributed by atoms with Crippen LogP contribution in [0.15, 0.2) is 42.5 Å². The second-order valence-electron chi connectivity index (χ2n) is 7.29. The van der Waals surface area contributed by atoms with Gasteiger partial charge in [-0.1, -0.05) is 43.6 Å². The smallest absolute Gasteiger partial charge is 0.260 e. The number of piperazine rings is 1. The van der Waals surface area contributed by atoms with Crippen LogP contribution in [0.1, 0.15) is 30.9 Å². The highest BCUT2D eigenvalue weighted by Crippen LogP contribution is 2.32. The van der Waals surface area contributed by atoms with Crippen molar-refractivity contribution in [3.63, 3.8) is 0 Å². The fraction of sp³-hybridized carbons (Fsp3) is 0.409. The molecule has 0 spiro atoms. The lowest BCUT2D eigenvalue weighted by atomic mass is 10.0. The van der Waals surface area contributed by atoms with E-state index in [-0.39, 0.29) is 18.4 Å². The van der Waals surface area contributed by atoms with Crippen LogP contribution in [0.2, 0.25) is 5.02 Å². The number of benzene rings is 2. The molecule has 2 aromatic carbocycles. The molecule has 27 heavy (non-hydrogen) atoms. The molecule has 0 aromatic heterocycles. The summed E-state index contributed by atoms with van der Waals surface area (Å²) < 4.78 is 5.90. The second-order valence-corrected chi connectivity index (χ2v) is 7.69. The number of anilines is 1. The van der Waals surface area contributed by atoms with Crippen LogP contribution in [0, 0.1) is 6.92 Å². The fourth-order valence-corrected chi connectivity index (χ4v) is 3.50. The Morgan fingerprint density at radius 1 is 1.11 bits per heavy atom. The SMILES string of the molecule is Cc1cc(OCC(=O)N2CCN(c3ccccc3)CC2)c(C(C)C)cc1Cl. The van der Waals surface area contributed by atoms with E-state index in [4.69, 9.17) is 16.3 Å². The molecule has 1 amide bonds. The number of hydrogen-bond donors (Lipinski definition) is 0. The molecule has 3 rings (SSSR count). The summed E-state index contributed by atoms with van der Waals surface area (Å²) in [5.41, 5.74) is 3.20. The van der Waals surface area contributed by atoms with Crippen molar-refractivity contribution >= 4 is 23.2 Å². The lowest BCUT2D eigenvalue weighted by Gasteiger charge is -2.36. The summed E-state index contributed by atoms with van der Waals surface area (Å²) in [6.45, 7) is 9.31. The predicted octanol–water partition coefficient (Wildman–Crippen LogP) is 4.50. The molecule has 1 saturated heterocycles.